The number of anilines is 3. The SMILES string of the molecule is Cc1cccc(C)c1NS(=O)(=O)c1ccc(NC(=O)CN(c2cccc([N+](=O)[O-])c2)S(=O)(=O)c2ccccc2)cc1. The number of nitrogens with one attached hydrogen (secondary N) is 2. The van der Waals surface area contributed by atoms with Crippen LogP contribution in [0.3, 0.4) is 0 Å². The average Bonchev–Trinajstić information content (AvgIpc) is 2.94. The second kappa shape index (κ2) is 11.8. The van der Waals surface area contributed by atoms with Crippen LogP contribution < -0.4 is 14.3 Å². The first-order chi connectivity index (χ1) is 19.4. The van der Waals surface area contributed by atoms with E-state index in [9.17, 15) is 31.7 Å². The van der Waals surface area contributed by atoms with Crippen LogP contribution >= 0.6 is 0 Å². The first-order valence-corrected chi connectivity index (χ1v) is 15.1. The number of rotatable bonds is 10. The molecule has 0 aliphatic heterocycles. The van der Waals surface area contributed by atoms with Crippen molar-refractivity contribution in [1.82, 2.24) is 0 Å². The molecule has 0 radical (unpaired) electrons. The highest BCUT2D eigenvalue weighted by atomic mass is 32.2. The maximum Gasteiger partial charge on any atom is 0.271 e. The summed E-state index contributed by atoms with van der Waals surface area (Å²) in [6.45, 7) is 2.88. The van der Waals surface area contributed by atoms with Crippen LogP contribution in [0.25, 0.3) is 0 Å². The van der Waals surface area contributed by atoms with Crippen LogP contribution in [-0.4, -0.2) is 34.2 Å². The lowest BCUT2D eigenvalue weighted by Crippen LogP contribution is -2.38. The van der Waals surface area contributed by atoms with Crippen LogP contribution in [0.1, 0.15) is 11.1 Å². The number of benzene rings is 4. The Labute approximate surface area is 237 Å². The number of nitrogens with zero attached hydrogens (tertiary/aromatic N) is 2. The van der Waals surface area contributed by atoms with Crippen molar-refractivity contribution in [3.8, 4) is 0 Å². The summed E-state index contributed by atoms with van der Waals surface area (Å²) in [6, 6.07) is 23.1. The average molecular weight is 595 g/mol. The standard InChI is InChI=1S/C28H26N4O7S2/c1-20-8-6-9-21(2)28(20)30-40(36,37)25-16-14-22(15-17-25)29-27(33)19-31(23-10-7-11-24(18-23)32(34)35)41(38,39)26-12-4-3-5-13-26/h3-18,30H,19H2,1-2H3,(H,29,33). The molecular formula is C28H26N4O7S2. The molecule has 4 aromatic carbocycles. The van der Waals surface area contributed by atoms with E-state index >= 15 is 0 Å². The van der Waals surface area contributed by atoms with Crippen molar-refractivity contribution in [2.24, 2.45) is 0 Å². The fourth-order valence-electron chi connectivity index (χ4n) is 4.01. The Bertz CT molecular complexity index is 1790. The van der Waals surface area contributed by atoms with Gasteiger partial charge in [-0.25, -0.2) is 16.8 Å². The lowest BCUT2D eigenvalue weighted by molar-refractivity contribution is -0.384. The Morgan fingerprint density at radius 2 is 1.41 bits per heavy atom. The van der Waals surface area contributed by atoms with Gasteiger partial charge in [0.05, 0.1) is 26.1 Å². The van der Waals surface area contributed by atoms with Gasteiger partial charge < -0.3 is 5.32 Å². The smallest absolute Gasteiger partial charge is 0.271 e. The summed E-state index contributed by atoms with van der Waals surface area (Å²) in [5, 5.41) is 13.9. The minimum absolute atomic E-state index is 0.0389. The van der Waals surface area contributed by atoms with Gasteiger partial charge in [-0.3, -0.25) is 23.9 Å². The molecule has 0 unspecified atom stereocenters. The fourth-order valence-corrected chi connectivity index (χ4v) is 6.65. The number of nitro benzene ring substituents is 1. The van der Waals surface area contributed by atoms with Gasteiger partial charge >= 0.3 is 0 Å². The third kappa shape index (κ3) is 6.70. The molecule has 0 aliphatic carbocycles. The maximum absolute atomic E-state index is 13.5. The highest BCUT2D eigenvalue weighted by Gasteiger charge is 2.28. The van der Waals surface area contributed by atoms with Crippen molar-refractivity contribution in [3.63, 3.8) is 0 Å². The molecule has 41 heavy (non-hydrogen) atoms. The molecule has 0 bridgehead atoms. The lowest BCUT2D eigenvalue weighted by Gasteiger charge is -2.24. The third-order valence-electron chi connectivity index (χ3n) is 6.11. The number of hydrogen-bond donors (Lipinski definition) is 2. The summed E-state index contributed by atoms with van der Waals surface area (Å²) in [5.41, 5.74) is 1.80. The van der Waals surface area contributed by atoms with Gasteiger partial charge in [-0.15, -0.1) is 0 Å². The number of amides is 1. The van der Waals surface area contributed by atoms with Gasteiger partial charge in [0.1, 0.15) is 6.54 Å². The summed E-state index contributed by atoms with van der Waals surface area (Å²) >= 11 is 0. The normalized spacial score (nSPS) is 11.5. The Morgan fingerprint density at radius 3 is 2.02 bits per heavy atom. The molecule has 0 saturated carbocycles. The Morgan fingerprint density at radius 1 is 0.805 bits per heavy atom. The lowest BCUT2D eigenvalue weighted by atomic mass is 10.1. The van der Waals surface area contributed by atoms with Crippen molar-refractivity contribution >= 4 is 48.7 Å². The van der Waals surface area contributed by atoms with Crippen LogP contribution in [0, 0.1) is 24.0 Å². The van der Waals surface area contributed by atoms with E-state index in [-0.39, 0.29) is 26.9 Å². The molecule has 0 fully saturated rings. The summed E-state index contributed by atoms with van der Waals surface area (Å²) in [4.78, 5) is 23.5. The predicted octanol–water partition coefficient (Wildman–Crippen LogP) is 4.85. The zero-order chi connectivity index (χ0) is 29.8. The van der Waals surface area contributed by atoms with Gasteiger partial charge in [-0.05, 0) is 67.4 Å². The second-order valence-corrected chi connectivity index (χ2v) is 12.6. The number of nitro groups is 1. The third-order valence-corrected chi connectivity index (χ3v) is 9.27. The molecule has 0 spiro atoms. The predicted molar refractivity (Wildman–Crippen MR) is 156 cm³/mol. The van der Waals surface area contributed by atoms with Gasteiger partial charge in [-0.1, -0.05) is 42.5 Å². The molecule has 0 heterocycles. The molecule has 212 valence electrons. The number of sulfonamides is 2. The number of non-ortho nitro benzene ring substituents is 1. The van der Waals surface area contributed by atoms with Gasteiger partial charge in [0.25, 0.3) is 25.7 Å². The summed E-state index contributed by atoms with van der Waals surface area (Å²) < 4.78 is 56.2. The molecule has 2 N–H and O–H groups in total. The van der Waals surface area contributed by atoms with Crippen LogP contribution in [-0.2, 0) is 24.8 Å². The number of carbonyl (C=O) groups is 1. The van der Waals surface area contributed by atoms with Gasteiger partial charge in [0.2, 0.25) is 5.91 Å². The zero-order valence-electron chi connectivity index (χ0n) is 22.0. The van der Waals surface area contributed by atoms with Gasteiger partial charge in [0.15, 0.2) is 0 Å². The van der Waals surface area contributed by atoms with Crippen molar-refractivity contribution in [2.45, 2.75) is 23.6 Å². The van der Waals surface area contributed by atoms with Crippen molar-refractivity contribution in [3.05, 3.63) is 118 Å². The monoisotopic (exact) mass is 594 g/mol. The Kier molecular flexibility index (Phi) is 8.40. The molecule has 13 heteroatoms. The van der Waals surface area contributed by atoms with E-state index in [2.05, 4.69) is 10.0 Å². The topological polar surface area (TPSA) is 156 Å². The van der Waals surface area contributed by atoms with E-state index in [0.717, 1.165) is 21.5 Å². The van der Waals surface area contributed by atoms with Gasteiger partial charge in [0, 0.05) is 17.8 Å². The van der Waals surface area contributed by atoms with Crippen LogP contribution in [0.2, 0.25) is 0 Å². The minimum atomic E-state index is -4.28. The molecule has 4 rings (SSSR count). The van der Waals surface area contributed by atoms with Gasteiger partial charge in [-0.2, -0.15) is 0 Å². The fraction of sp³-hybridized carbons (Fsp3) is 0.107. The van der Waals surface area contributed by atoms with E-state index in [1.807, 2.05) is 6.07 Å². The minimum Gasteiger partial charge on any atom is -0.325 e. The Hall–Kier alpha value is -4.75. The van der Waals surface area contributed by atoms with E-state index in [0.29, 0.717) is 5.69 Å². The first kappa shape index (κ1) is 29.2. The van der Waals surface area contributed by atoms with E-state index in [4.69, 9.17) is 0 Å². The zero-order valence-corrected chi connectivity index (χ0v) is 23.6. The summed E-state index contributed by atoms with van der Waals surface area (Å²) in [7, 11) is -8.21. The number of carbonyl (C=O) groups excluding carboxylic acids is 1. The number of aryl methyl sites for hydroxylation is 2. The number of hydrogen-bond acceptors (Lipinski definition) is 7. The molecule has 0 aliphatic rings. The number of para-hydroxylation sites is 1. The molecule has 11 nitrogen and oxygen atoms in total. The van der Waals surface area contributed by atoms with Crippen molar-refractivity contribution in [2.75, 3.05) is 20.9 Å². The maximum atomic E-state index is 13.5. The van der Waals surface area contributed by atoms with Crippen LogP contribution in [0.5, 0.6) is 0 Å². The molecule has 0 atom stereocenters. The van der Waals surface area contributed by atoms with Crippen LogP contribution in [0.15, 0.2) is 107 Å². The summed E-state index contributed by atoms with van der Waals surface area (Å²) in [6.07, 6.45) is 0. The second-order valence-electron chi connectivity index (χ2n) is 9.05. The highest BCUT2D eigenvalue weighted by Crippen LogP contribution is 2.28. The quantitative estimate of drug-likeness (QED) is 0.196. The molecular weight excluding hydrogens is 568 g/mol. The van der Waals surface area contributed by atoms with Crippen molar-refractivity contribution in [1.29, 1.82) is 0 Å². The van der Waals surface area contributed by atoms with E-state index in [1.165, 1.54) is 66.7 Å². The molecule has 0 saturated heterocycles. The Balaban J connectivity index is 1.56. The molecule has 0 aromatic heterocycles. The molecule has 4 aromatic rings. The summed E-state index contributed by atoms with van der Waals surface area (Å²) in [5.74, 6) is -0.750. The van der Waals surface area contributed by atoms with E-state index < -0.39 is 37.4 Å². The highest BCUT2D eigenvalue weighted by molar-refractivity contribution is 7.93. The van der Waals surface area contributed by atoms with Crippen LogP contribution in [0.4, 0.5) is 22.7 Å². The first-order valence-electron chi connectivity index (χ1n) is 12.2. The van der Waals surface area contributed by atoms with Crippen molar-refractivity contribution < 1.29 is 26.6 Å². The largest absolute Gasteiger partial charge is 0.325 e. The molecule has 1 amide bonds. The van der Waals surface area contributed by atoms with E-state index in [1.54, 1.807) is 32.0 Å².